The van der Waals surface area contributed by atoms with Gasteiger partial charge < -0.3 is 9.80 Å². The second-order valence-electron chi connectivity index (χ2n) is 6.49. The number of nitrogens with zero attached hydrogens (tertiary/aromatic N) is 3. The van der Waals surface area contributed by atoms with E-state index in [1.165, 1.54) is 9.60 Å². The van der Waals surface area contributed by atoms with Crippen LogP contribution in [0, 0.1) is 11.3 Å². The molecule has 0 bridgehead atoms. The quantitative estimate of drug-likeness (QED) is 0.771. The summed E-state index contributed by atoms with van der Waals surface area (Å²) in [5.74, 6) is 0.0149. The van der Waals surface area contributed by atoms with Gasteiger partial charge in [0.25, 0.3) is 5.91 Å². The number of rotatable bonds is 3. The number of carbonyl (C=O) groups excluding carboxylic acids is 1. The zero-order valence-electron chi connectivity index (χ0n) is 14.3. The van der Waals surface area contributed by atoms with E-state index in [0.29, 0.717) is 11.1 Å². The topological polar surface area (TPSA) is 61.4 Å². The Morgan fingerprint density at radius 1 is 1.19 bits per heavy atom. The van der Waals surface area contributed by atoms with E-state index in [9.17, 15) is 4.79 Å². The van der Waals surface area contributed by atoms with Gasteiger partial charge in [0, 0.05) is 5.56 Å². The van der Waals surface area contributed by atoms with Crippen molar-refractivity contribution in [3.63, 3.8) is 0 Å². The van der Waals surface area contributed by atoms with Crippen molar-refractivity contribution < 1.29 is 9.69 Å². The number of carbonyl (C=O) groups is 1. The fourth-order valence-electron chi connectivity index (χ4n) is 3.32. The van der Waals surface area contributed by atoms with E-state index < -0.39 is 0 Å². The molecule has 0 spiro atoms. The van der Waals surface area contributed by atoms with Gasteiger partial charge in [0.05, 0.1) is 48.0 Å². The molecular weight excluding hydrogens is 344 g/mol. The van der Waals surface area contributed by atoms with Crippen molar-refractivity contribution >= 4 is 27.5 Å². The predicted octanol–water partition coefficient (Wildman–Crippen LogP) is 1.71. The van der Waals surface area contributed by atoms with Crippen LogP contribution in [0.5, 0.6) is 0 Å². The second kappa shape index (κ2) is 7.24. The van der Waals surface area contributed by atoms with Crippen molar-refractivity contribution in [1.82, 2.24) is 9.88 Å². The lowest BCUT2D eigenvalue weighted by Gasteiger charge is -2.31. The van der Waals surface area contributed by atoms with E-state index in [-0.39, 0.29) is 5.91 Å². The van der Waals surface area contributed by atoms with E-state index in [1.807, 2.05) is 17.0 Å². The lowest BCUT2D eigenvalue weighted by Crippen LogP contribution is -3.13. The molecule has 1 amide bonds. The third-order valence-electron chi connectivity index (χ3n) is 4.74. The van der Waals surface area contributed by atoms with E-state index in [1.54, 1.807) is 35.6 Å². The Kier molecular flexibility index (Phi) is 4.65. The van der Waals surface area contributed by atoms with Crippen molar-refractivity contribution in [1.29, 1.82) is 5.26 Å². The molecule has 130 valence electrons. The van der Waals surface area contributed by atoms with Crippen molar-refractivity contribution in [2.24, 2.45) is 0 Å². The molecule has 3 aromatic rings. The van der Waals surface area contributed by atoms with Crippen LogP contribution in [0.2, 0.25) is 0 Å². The molecule has 2 aromatic carbocycles. The molecule has 0 unspecified atom stereocenters. The SMILES string of the molecule is N#Cc1cccc(C(=O)N2CC[NH+](Cc3nc4ccccc4s3)CC2)c1. The normalized spacial score (nSPS) is 15.1. The van der Waals surface area contributed by atoms with Crippen LogP contribution in [0.3, 0.4) is 0 Å². The Morgan fingerprint density at radius 2 is 2.00 bits per heavy atom. The molecule has 6 heteroatoms. The number of benzene rings is 2. The Balaban J connectivity index is 1.37. The molecule has 1 aromatic heterocycles. The number of hydrogen-bond donors (Lipinski definition) is 1. The highest BCUT2D eigenvalue weighted by atomic mass is 32.1. The molecule has 5 nitrogen and oxygen atoms in total. The highest BCUT2D eigenvalue weighted by Crippen LogP contribution is 2.20. The van der Waals surface area contributed by atoms with Crippen LogP contribution in [0.4, 0.5) is 0 Å². The molecule has 1 aliphatic heterocycles. The number of aromatic nitrogens is 1. The van der Waals surface area contributed by atoms with Gasteiger partial charge in [0.1, 0.15) is 11.6 Å². The number of nitrogens with one attached hydrogen (secondary N) is 1. The average molecular weight is 363 g/mol. The maximum Gasteiger partial charge on any atom is 0.254 e. The Labute approximate surface area is 156 Å². The van der Waals surface area contributed by atoms with Gasteiger partial charge in [-0.15, -0.1) is 11.3 Å². The summed E-state index contributed by atoms with van der Waals surface area (Å²) in [6.07, 6.45) is 0. The molecule has 4 rings (SSSR count). The monoisotopic (exact) mass is 363 g/mol. The van der Waals surface area contributed by atoms with Crippen LogP contribution in [-0.2, 0) is 6.54 Å². The Bertz CT molecular complexity index is 950. The second-order valence-corrected chi connectivity index (χ2v) is 7.60. The van der Waals surface area contributed by atoms with Gasteiger partial charge in [-0.2, -0.15) is 5.26 Å². The molecule has 0 atom stereocenters. The highest BCUT2D eigenvalue weighted by Gasteiger charge is 2.25. The number of para-hydroxylation sites is 1. The molecule has 26 heavy (non-hydrogen) atoms. The average Bonchev–Trinajstić information content (AvgIpc) is 3.10. The van der Waals surface area contributed by atoms with Gasteiger partial charge in [-0.05, 0) is 30.3 Å². The first-order chi connectivity index (χ1) is 12.7. The molecule has 1 N–H and O–H groups in total. The largest absolute Gasteiger partial charge is 0.327 e. The smallest absolute Gasteiger partial charge is 0.254 e. The number of thiazole rings is 1. The van der Waals surface area contributed by atoms with E-state index in [2.05, 4.69) is 18.2 Å². The summed E-state index contributed by atoms with van der Waals surface area (Å²) in [4.78, 5) is 20.7. The first-order valence-electron chi connectivity index (χ1n) is 8.70. The maximum absolute atomic E-state index is 12.6. The van der Waals surface area contributed by atoms with Gasteiger partial charge >= 0.3 is 0 Å². The van der Waals surface area contributed by atoms with Crippen LogP contribution in [0.15, 0.2) is 48.5 Å². The first kappa shape index (κ1) is 16.7. The summed E-state index contributed by atoms with van der Waals surface area (Å²) < 4.78 is 1.23. The van der Waals surface area contributed by atoms with Crippen molar-refractivity contribution in [3.8, 4) is 6.07 Å². The van der Waals surface area contributed by atoms with Gasteiger partial charge in [0.15, 0.2) is 0 Å². The molecule has 1 aliphatic rings. The summed E-state index contributed by atoms with van der Waals surface area (Å²) >= 11 is 1.76. The molecule has 0 aliphatic carbocycles. The lowest BCUT2D eigenvalue weighted by molar-refractivity contribution is -0.917. The first-order valence-corrected chi connectivity index (χ1v) is 9.52. The van der Waals surface area contributed by atoms with Crippen molar-refractivity contribution in [3.05, 3.63) is 64.7 Å². The van der Waals surface area contributed by atoms with Crippen molar-refractivity contribution in [2.45, 2.75) is 6.54 Å². The summed E-state index contributed by atoms with van der Waals surface area (Å²) in [6.45, 7) is 4.20. The number of nitriles is 1. The summed E-state index contributed by atoms with van der Waals surface area (Å²) in [6, 6.07) is 17.2. The van der Waals surface area contributed by atoms with Gasteiger partial charge in [-0.25, -0.2) is 4.98 Å². The third kappa shape index (κ3) is 3.45. The number of piperazine rings is 1. The van der Waals surface area contributed by atoms with Gasteiger partial charge in [-0.1, -0.05) is 18.2 Å². The van der Waals surface area contributed by atoms with E-state index in [0.717, 1.165) is 43.2 Å². The number of fused-ring (bicyclic) bond motifs is 1. The fraction of sp³-hybridized carbons (Fsp3) is 0.250. The van der Waals surface area contributed by atoms with Crippen LogP contribution in [-0.4, -0.2) is 42.0 Å². The van der Waals surface area contributed by atoms with E-state index in [4.69, 9.17) is 10.2 Å². The molecule has 2 heterocycles. The number of amides is 1. The highest BCUT2D eigenvalue weighted by molar-refractivity contribution is 7.18. The molecule has 0 radical (unpaired) electrons. The molecule has 0 saturated carbocycles. The van der Waals surface area contributed by atoms with E-state index >= 15 is 0 Å². The fourth-order valence-corrected chi connectivity index (χ4v) is 4.36. The van der Waals surface area contributed by atoms with Crippen LogP contribution in [0.25, 0.3) is 10.2 Å². The minimum absolute atomic E-state index is 0.0149. The standard InChI is InChI=1S/C20H18N4OS/c21-13-15-4-3-5-16(12-15)20(25)24-10-8-23(9-11-24)14-19-22-17-6-1-2-7-18(17)26-19/h1-7,12H,8-11,14H2/p+1. The molecular formula is C20H19N4OS+. The summed E-state index contributed by atoms with van der Waals surface area (Å²) in [5, 5.41) is 10.2. The minimum Gasteiger partial charge on any atom is -0.327 e. The number of quaternary nitrogens is 1. The van der Waals surface area contributed by atoms with Crippen molar-refractivity contribution in [2.75, 3.05) is 26.2 Å². The third-order valence-corrected chi connectivity index (χ3v) is 5.77. The van der Waals surface area contributed by atoms with Gasteiger partial charge in [0.2, 0.25) is 0 Å². The minimum atomic E-state index is 0.0149. The van der Waals surface area contributed by atoms with Crippen LogP contribution >= 0.6 is 11.3 Å². The Hall–Kier alpha value is -2.75. The van der Waals surface area contributed by atoms with Crippen LogP contribution in [0.1, 0.15) is 20.9 Å². The molecule has 1 saturated heterocycles. The zero-order chi connectivity index (χ0) is 17.9. The molecule has 1 fully saturated rings. The predicted molar refractivity (Wildman–Crippen MR) is 101 cm³/mol. The summed E-state index contributed by atoms with van der Waals surface area (Å²) in [5.41, 5.74) is 2.19. The lowest BCUT2D eigenvalue weighted by atomic mass is 10.1. The van der Waals surface area contributed by atoms with Gasteiger partial charge in [-0.3, -0.25) is 4.79 Å². The number of hydrogen-bond acceptors (Lipinski definition) is 4. The summed E-state index contributed by atoms with van der Waals surface area (Å²) in [7, 11) is 0. The zero-order valence-corrected chi connectivity index (χ0v) is 15.1. The maximum atomic E-state index is 12.6. The Morgan fingerprint density at radius 3 is 2.77 bits per heavy atom. The van der Waals surface area contributed by atoms with Crippen LogP contribution < -0.4 is 4.90 Å².